The Hall–Kier alpha value is -1.65. The quantitative estimate of drug-likeness (QED) is 0.312. The monoisotopic (exact) mass is 530 g/mol. The Kier molecular flexibility index (Phi) is 10.6. The van der Waals surface area contributed by atoms with Crippen molar-refractivity contribution in [2.45, 2.75) is 24.4 Å². The first-order valence-electron chi connectivity index (χ1n) is 9.24. The van der Waals surface area contributed by atoms with E-state index in [0.29, 0.717) is 18.0 Å². The highest BCUT2D eigenvalue weighted by molar-refractivity contribution is 14.0. The third kappa shape index (κ3) is 8.71. The normalized spacial score (nSPS) is 11.8. The summed E-state index contributed by atoms with van der Waals surface area (Å²) in [6.07, 6.45) is 2.00. The maximum absolute atomic E-state index is 11.5. The predicted molar refractivity (Wildman–Crippen MR) is 131 cm³/mol. The van der Waals surface area contributed by atoms with Gasteiger partial charge in [0.1, 0.15) is 0 Å². The first-order valence-corrected chi connectivity index (χ1v) is 11.1. The van der Waals surface area contributed by atoms with Crippen molar-refractivity contribution in [3.8, 4) is 0 Å². The summed E-state index contributed by atoms with van der Waals surface area (Å²) in [7, 11) is 2.73. The molecule has 0 aliphatic carbocycles. The number of hydrogen-bond acceptors (Lipinski definition) is 4. The minimum atomic E-state index is -3.15. The smallest absolute Gasteiger partial charge is 0.191 e. The van der Waals surface area contributed by atoms with Crippen LogP contribution in [0.15, 0.2) is 58.4 Å². The van der Waals surface area contributed by atoms with E-state index < -0.39 is 9.84 Å². The van der Waals surface area contributed by atoms with Gasteiger partial charge in [-0.1, -0.05) is 36.4 Å². The molecule has 29 heavy (non-hydrogen) atoms. The topological polar surface area (TPSA) is 73.8 Å². The number of benzene rings is 2. The van der Waals surface area contributed by atoms with Crippen molar-refractivity contribution in [2.75, 3.05) is 33.9 Å². The van der Waals surface area contributed by atoms with Gasteiger partial charge in [-0.05, 0) is 49.3 Å². The van der Waals surface area contributed by atoms with Crippen LogP contribution in [0.4, 0.5) is 0 Å². The van der Waals surface area contributed by atoms with Crippen LogP contribution in [-0.4, -0.2) is 53.2 Å². The van der Waals surface area contributed by atoms with E-state index >= 15 is 0 Å². The van der Waals surface area contributed by atoms with E-state index in [4.69, 9.17) is 0 Å². The first-order chi connectivity index (χ1) is 13.3. The maximum Gasteiger partial charge on any atom is 0.191 e. The Bertz CT molecular complexity index is 897. The Balaban J connectivity index is 0.00000420. The molecule has 0 aliphatic heterocycles. The molecule has 0 saturated carbocycles. The molecule has 0 saturated heterocycles. The Labute approximate surface area is 191 Å². The molecular weight excluding hydrogens is 499 g/mol. The molecule has 2 N–H and O–H groups in total. The minimum absolute atomic E-state index is 0. The van der Waals surface area contributed by atoms with Crippen molar-refractivity contribution in [3.63, 3.8) is 0 Å². The van der Waals surface area contributed by atoms with E-state index in [1.807, 2.05) is 18.2 Å². The van der Waals surface area contributed by atoms with E-state index in [2.05, 4.69) is 52.8 Å². The van der Waals surface area contributed by atoms with Crippen molar-refractivity contribution in [1.82, 2.24) is 15.5 Å². The number of aliphatic imine (C=N–C) groups is 1. The van der Waals surface area contributed by atoms with Gasteiger partial charge >= 0.3 is 0 Å². The van der Waals surface area contributed by atoms with Crippen LogP contribution in [-0.2, 0) is 29.3 Å². The SMILES string of the molecule is CN=C(NCCc1ccc(S(C)(=O)=O)cc1)NCc1ccccc1CN(C)C.I. The summed E-state index contributed by atoms with van der Waals surface area (Å²) in [6, 6.07) is 15.4. The summed E-state index contributed by atoms with van der Waals surface area (Å²) in [6.45, 7) is 2.30. The van der Waals surface area contributed by atoms with E-state index in [-0.39, 0.29) is 24.0 Å². The van der Waals surface area contributed by atoms with Crippen molar-refractivity contribution in [2.24, 2.45) is 4.99 Å². The highest BCUT2D eigenvalue weighted by Gasteiger charge is 2.07. The van der Waals surface area contributed by atoms with Crippen molar-refractivity contribution in [3.05, 3.63) is 65.2 Å². The van der Waals surface area contributed by atoms with Crippen LogP contribution in [0.3, 0.4) is 0 Å². The van der Waals surface area contributed by atoms with Gasteiger partial charge in [0.05, 0.1) is 4.90 Å². The molecule has 8 heteroatoms. The van der Waals surface area contributed by atoms with Gasteiger partial charge in [0.15, 0.2) is 15.8 Å². The highest BCUT2D eigenvalue weighted by Crippen LogP contribution is 2.11. The zero-order chi connectivity index (χ0) is 20.6. The molecule has 2 aromatic carbocycles. The lowest BCUT2D eigenvalue weighted by Crippen LogP contribution is -2.38. The molecule has 0 aromatic heterocycles. The Morgan fingerprint density at radius 1 is 1.00 bits per heavy atom. The molecule has 160 valence electrons. The van der Waals surface area contributed by atoms with E-state index in [0.717, 1.165) is 24.5 Å². The van der Waals surface area contributed by atoms with E-state index in [1.54, 1.807) is 19.2 Å². The third-order valence-electron chi connectivity index (χ3n) is 4.33. The van der Waals surface area contributed by atoms with Crippen LogP contribution in [0.25, 0.3) is 0 Å². The second-order valence-corrected chi connectivity index (χ2v) is 9.04. The molecular formula is C21H31IN4O2S. The van der Waals surface area contributed by atoms with Gasteiger partial charge in [-0.2, -0.15) is 0 Å². The fraction of sp³-hybridized carbons (Fsp3) is 0.381. The molecule has 0 fully saturated rings. The lowest BCUT2D eigenvalue weighted by atomic mass is 10.1. The van der Waals surface area contributed by atoms with Gasteiger partial charge in [-0.15, -0.1) is 24.0 Å². The van der Waals surface area contributed by atoms with Crippen LogP contribution in [0.1, 0.15) is 16.7 Å². The summed E-state index contributed by atoms with van der Waals surface area (Å²) < 4.78 is 23.0. The number of guanidine groups is 1. The molecule has 0 bridgehead atoms. The number of hydrogen-bond donors (Lipinski definition) is 2. The molecule has 6 nitrogen and oxygen atoms in total. The van der Waals surface area contributed by atoms with E-state index in [1.165, 1.54) is 17.4 Å². The van der Waals surface area contributed by atoms with Crippen LogP contribution < -0.4 is 10.6 Å². The Morgan fingerprint density at radius 3 is 2.17 bits per heavy atom. The number of nitrogens with one attached hydrogen (secondary N) is 2. The molecule has 0 radical (unpaired) electrons. The summed E-state index contributed by atoms with van der Waals surface area (Å²) in [5.74, 6) is 0.743. The molecule has 0 atom stereocenters. The maximum atomic E-state index is 11.5. The van der Waals surface area contributed by atoms with Crippen molar-refractivity contribution in [1.29, 1.82) is 0 Å². The van der Waals surface area contributed by atoms with Crippen LogP contribution in [0.2, 0.25) is 0 Å². The standard InChI is InChI=1S/C21H30N4O2S.HI/c1-22-21(24-15-18-7-5-6-8-19(18)16-25(2)3)23-14-13-17-9-11-20(12-10-17)28(4,26)27;/h5-12H,13-16H2,1-4H3,(H2,22,23,24);1H. The minimum Gasteiger partial charge on any atom is -0.356 e. The molecule has 0 amide bonds. The van der Waals surface area contributed by atoms with Gasteiger partial charge < -0.3 is 15.5 Å². The molecule has 2 rings (SSSR count). The lowest BCUT2D eigenvalue weighted by molar-refractivity contribution is 0.400. The van der Waals surface area contributed by atoms with Crippen LogP contribution in [0.5, 0.6) is 0 Å². The molecule has 0 unspecified atom stereocenters. The van der Waals surface area contributed by atoms with Gasteiger partial charge in [0.25, 0.3) is 0 Å². The molecule has 2 aromatic rings. The zero-order valence-corrected chi connectivity index (χ0v) is 20.6. The highest BCUT2D eigenvalue weighted by atomic mass is 127. The average molecular weight is 530 g/mol. The summed E-state index contributed by atoms with van der Waals surface area (Å²) >= 11 is 0. The van der Waals surface area contributed by atoms with Crippen molar-refractivity contribution < 1.29 is 8.42 Å². The second-order valence-electron chi connectivity index (χ2n) is 7.03. The van der Waals surface area contributed by atoms with Crippen LogP contribution in [0, 0.1) is 0 Å². The van der Waals surface area contributed by atoms with E-state index in [9.17, 15) is 8.42 Å². The van der Waals surface area contributed by atoms with Gasteiger partial charge in [-0.3, -0.25) is 4.99 Å². The van der Waals surface area contributed by atoms with Crippen LogP contribution >= 0.6 is 24.0 Å². The third-order valence-corrected chi connectivity index (χ3v) is 5.46. The summed E-state index contributed by atoms with van der Waals surface area (Å²) in [5, 5.41) is 6.66. The number of nitrogens with zero attached hydrogens (tertiary/aromatic N) is 2. The number of sulfone groups is 1. The van der Waals surface area contributed by atoms with Crippen molar-refractivity contribution >= 4 is 39.8 Å². The van der Waals surface area contributed by atoms with Gasteiger partial charge in [-0.25, -0.2) is 8.42 Å². The molecule has 0 aliphatic rings. The first kappa shape index (κ1) is 25.4. The fourth-order valence-electron chi connectivity index (χ4n) is 2.85. The number of halogens is 1. The predicted octanol–water partition coefficient (Wildman–Crippen LogP) is 2.68. The molecule has 0 heterocycles. The molecule has 0 spiro atoms. The van der Waals surface area contributed by atoms with Gasteiger partial charge in [0.2, 0.25) is 0 Å². The zero-order valence-electron chi connectivity index (χ0n) is 17.5. The Morgan fingerprint density at radius 2 is 1.62 bits per heavy atom. The fourth-order valence-corrected chi connectivity index (χ4v) is 3.48. The lowest BCUT2D eigenvalue weighted by Gasteiger charge is -2.16. The average Bonchev–Trinajstić information content (AvgIpc) is 2.65. The largest absolute Gasteiger partial charge is 0.356 e. The van der Waals surface area contributed by atoms with Gasteiger partial charge in [0, 0.05) is 32.9 Å². The summed E-state index contributed by atoms with van der Waals surface area (Å²) in [4.78, 5) is 6.78. The second kappa shape index (κ2) is 12.1. The number of rotatable bonds is 8. The summed E-state index contributed by atoms with van der Waals surface area (Å²) in [5.41, 5.74) is 3.61.